The van der Waals surface area contributed by atoms with E-state index in [-0.39, 0.29) is 11.7 Å². The Bertz CT molecular complexity index is 465. The zero-order valence-corrected chi connectivity index (χ0v) is 10.5. The van der Waals surface area contributed by atoms with Crippen LogP contribution in [0.25, 0.3) is 0 Å². The smallest absolute Gasteiger partial charge is 0.153 e. The van der Waals surface area contributed by atoms with Gasteiger partial charge in [-0.15, -0.1) is 0 Å². The van der Waals surface area contributed by atoms with Crippen LogP contribution >= 0.6 is 0 Å². The molecule has 0 spiro atoms. The van der Waals surface area contributed by atoms with Gasteiger partial charge in [-0.3, -0.25) is 4.79 Å². The predicted molar refractivity (Wildman–Crippen MR) is 69.7 cm³/mol. The lowest BCUT2D eigenvalue weighted by molar-refractivity contribution is -0.127. The van der Waals surface area contributed by atoms with Crippen LogP contribution in [0.3, 0.4) is 0 Å². The first-order valence-electron chi connectivity index (χ1n) is 6.73. The van der Waals surface area contributed by atoms with Crippen molar-refractivity contribution in [2.75, 3.05) is 6.61 Å². The number of fused-ring (bicyclic) bond motifs is 1. The number of carbonyl (C=O) groups is 1. The molecule has 0 bridgehead atoms. The maximum absolute atomic E-state index is 12.3. The number of rotatable bonds is 3. The van der Waals surface area contributed by atoms with Gasteiger partial charge in [0.15, 0.2) is 5.78 Å². The monoisotopic (exact) mass is 245 g/mol. The Balaban J connectivity index is 1.76. The average molecular weight is 245 g/mol. The Kier molecular flexibility index (Phi) is 2.86. The van der Waals surface area contributed by atoms with Crippen LogP contribution in [0.15, 0.2) is 24.3 Å². The van der Waals surface area contributed by atoms with Crippen LogP contribution in [0, 0.1) is 0 Å². The first-order valence-corrected chi connectivity index (χ1v) is 6.73. The molecule has 3 heteroatoms. The Morgan fingerprint density at radius 1 is 1.39 bits per heavy atom. The number of nitrogens with two attached hydrogens (primary N) is 1. The summed E-state index contributed by atoms with van der Waals surface area (Å²) in [6, 6.07) is 8.02. The van der Waals surface area contributed by atoms with Crippen LogP contribution in [0.4, 0.5) is 0 Å². The summed E-state index contributed by atoms with van der Waals surface area (Å²) in [6.07, 6.45) is 4.29. The normalized spacial score (nSPS) is 24.6. The molecule has 2 N–H and O–H groups in total. The fraction of sp³-hybridized carbons (Fsp3) is 0.533. The topological polar surface area (TPSA) is 52.3 Å². The van der Waals surface area contributed by atoms with Gasteiger partial charge in [-0.2, -0.15) is 0 Å². The van der Waals surface area contributed by atoms with Crippen molar-refractivity contribution in [1.29, 1.82) is 0 Å². The molecular weight excluding hydrogens is 226 g/mol. The van der Waals surface area contributed by atoms with Gasteiger partial charge in [-0.05, 0) is 43.2 Å². The summed E-state index contributed by atoms with van der Waals surface area (Å²) in [5, 5.41) is 0. The van der Waals surface area contributed by atoms with E-state index in [2.05, 4.69) is 6.07 Å². The molecular formula is C15H19NO2. The molecule has 1 aliphatic heterocycles. The lowest BCUT2D eigenvalue weighted by Crippen LogP contribution is -2.53. The third-order valence-electron chi connectivity index (χ3n) is 4.32. The largest absolute Gasteiger partial charge is 0.493 e. The van der Waals surface area contributed by atoms with Crippen molar-refractivity contribution in [1.82, 2.24) is 0 Å². The molecule has 3 rings (SSSR count). The summed E-state index contributed by atoms with van der Waals surface area (Å²) in [7, 11) is 0. The Hall–Kier alpha value is -1.35. The van der Waals surface area contributed by atoms with Crippen molar-refractivity contribution in [3.8, 4) is 5.75 Å². The maximum atomic E-state index is 12.3. The Labute approximate surface area is 107 Å². The predicted octanol–water partition coefficient (Wildman–Crippen LogP) is 2.39. The molecule has 3 nitrogen and oxygen atoms in total. The van der Waals surface area contributed by atoms with Crippen molar-refractivity contribution in [2.45, 2.75) is 43.6 Å². The zero-order valence-electron chi connectivity index (χ0n) is 10.5. The molecule has 18 heavy (non-hydrogen) atoms. The third kappa shape index (κ3) is 1.93. The minimum absolute atomic E-state index is 0.232. The molecule has 1 aromatic rings. The number of para-hydroxylation sites is 1. The lowest BCUT2D eigenvalue weighted by atomic mass is 9.71. The van der Waals surface area contributed by atoms with Crippen molar-refractivity contribution in [3.05, 3.63) is 29.8 Å². The highest BCUT2D eigenvalue weighted by Crippen LogP contribution is 2.39. The van der Waals surface area contributed by atoms with E-state index in [1.807, 2.05) is 18.2 Å². The first-order chi connectivity index (χ1) is 8.69. The number of ketones is 1. The second-order valence-corrected chi connectivity index (χ2v) is 5.51. The quantitative estimate of drug-likeness (QED) is 0.889. The fourth-order valence-electron chi connectivity index (χ4n) is 2.89. The van der Waals surface area contributed by atoms with E-state index >= 15 is 0 Å². The minimum Gasteiger partial charge on any atom is -0.493 e. The van der Waals surface area contributed by atoms with Gasteiger partial charge in [0.25, 0.3) is 0 Å². The number of benzene rings is 1. The average Bonchev–Trinajstić information content (AvgIpc) is 2.36. The highest BCUT2D eigenvalue weighted by molar-refractivity contribution is 5.89. The van der Waals surface area contributed by atoms with Crippen molar-refractivity contribution >= 4 is 5.78 Å². The third-order valence-corrected chi connectivity index (χ3v) is 4.32. The highest BCUT2D eigenvalue weighted by atomic mass is 16.5. The molecule has 0 saturated heterocycles. The number of hydrogen-bond acceptors (Lipinski definition) is 3. The molecule has 0 radical (unpaired) electrons. The maximum Gasteiger partial charge on any atom is 0.153 e. The van der Waals surface area contributed by atoms with E-state index in [0.717, 1.165) is 31.4 Å². The summed E-state index contributed by atoms with van der Waals surface area (Å²) in [4.78, 5) is 12.3. The van der Waals surface area contributed by atoms with Crippen LogP contribution in [0.5, 0.6) is 5.75 Å². The number of Topliss-reactive ketones (excluding diaryl/α,β-unsaturated/α-hetero) is 1. The van der Waals surface area contributed by atoms with Gasteiger partial charge in [0, 0.05) is 6.42 Å². The number of hydrogen-bond donors (Lipinski definition) is 1. The first kappa shape index (κ1) is 11.7. The van der Waals surface area contributed by atoms with Crippen LogP contribution in [-0.2, 0) is 4.79 Å². The molecule has 96 valence electrons. The Morgan fingerprint density at radius 2 is 2.17 bits per heavy atom. The summed E-state index contributed by atoms with van der Waals surface area (Å²) in [5.41, 5.74) is 6.75. The standard InChI is InChI=1S/C15H19NO2/c16-15(7-3-8-15)14(17)10-11-6-9-18-13-5-2-1-4-12(11)13/h1-2,4-5,11H,3,6-10,16H2. The van der Waals surface area contributed by atoms with Gasteiger partial charge in [0.2, 0.25) is 0 Å². The van der Waals surface area contributed by atoms with Crippen LogP contribution in [-0.4, -0.2) is 17.9 Å². The summed E-state index contributed by atoms with van der Waals surface area (Å²) >= 11 is 0. The van der Waals surface area contributed by atoms with E-state index in [1.165, 1.54) is 5.56 Å². The van der Waals surface area contributed by atoms with Gasteiger partial charge in [-0.25, -0.2) is 0 Å². The van der Waals surface area contributed by atoms with E-state index in [4.69, 9.17) is 10.5 Å². The SMILES string of the molecule is NC1(C(=O)CC2CCOc3ccccc32)CCC1. The molecule has 1 aliphatic carbocycles. The fourth-order valence-corrected chi connectivity index (χ4v) is 2.89. The molecule has 2 aliphatic rings. The van der Waals surface area contributed by atoms with Crippen molar-refractivity contribution in [2.24, 2.45) is 5.73 Å². The van der Waals surface area contributed by atoms with Gasteiger partial charge >= 0.3 is 0 Å². The van der Waals surface area contributed by atoms with Gasteiger partial charge in [0.1, 0.15) is 5.75 Å². The van der Waals surface area contributed by atoms with Crippen LogP contribution in [0.2, 0.25) is 0 Å². The summed E-state index contributed by atoms with van der Waals surface area (Å²) < 4.78 is 5.62. The van der Waals surface area contributed by atoms with Crippen molar-refractivity contribution < 1.29 is 9.53 Å². The number of ether oxygens (including phenoxy) is 1. The van der Waals surface area contributed by atoms with E-state index in [0.29, 0.717) is 13.0 Å². The summed E-state index contributed by atoms with van der Waals surface area (Å²) in [6.45, 7) is 0.701. The molecule has 1 heterocycles. The van der Waals surface area contributed by atoms with Crippen molar-refractivity contribution in [3.63, 3.8) is 0 Å². The van der Waals surface area contributed by atoms with E-state index in [1.54, 1.807) is 0 Å². The van der Waals surface area contributed by atoms with Gasteiger partial charge < -0.3 is 10.5 Å². The van der Waals surface area contributed by atoms with Crippen LogP contribution in [0.1, 0.15) is 43.6 Å². The molecule has 0 amide bonds. The summed E-state index contributed by atoms with van der Waals surface area (Å²) in [5.74, 6) is 1.44. The zero-order chi connectivity index (χ0) is 12.6. The second kappa shape index (κ2) is 4.39. The van der Waals surface area contributed by atoms with Gasteiger partial charge in [-0.1, -0.05) is 18.2 Å². The Morgan fingerprint density at radius 3 is 2.89 bits per heavy atom. The van der Waals surface area contributed by atoms with Crippen LogP contribution < -0.4 is 10.5 Å². The molecule has 1 atom stereocenters. The minimum atomic E-state index is -0.521. The molecule has 1 unspecified atom stereocenters. The second-order valence-electron chi connectivity index (χ2n) is 5.51. The molecule has 0 aromatic heterocycles. The lowest BCUT2D eigenvalue weighted by Gasteiger charge is -2.38. The molecule has 1 fully saturated rings. The van der Waals surface area contributed by atoms with E-state index < -0.39 is 5.54 Å². The molecule has 1 saturated carbocycles. The number of carbonyl (C=O) groups excluding carboxylic acids is 1. The molecule has 1 aromatic carbocycles. The van der Waals surface area contributed by atoms with E-state index in [9.17, 15) is 4.79 Å². The highest BCUT2D eigenvalue weighted by Gasteiger charge is 2.40. The van der Waals surface area contributed by atoms with Gasteiger partial charge in [0.05, 0.1) is 12.1 Å².